The smallest absolute Gasteiger partial charge is 0.357 e. The number of ether oxygens (including phenoxy) is 2. The molecule has 2 heterocycles. The molecule has 0 saturated carbocycles. The van der Waals surface area contributed by atoms with Crippen molar-refractivity contribution in [3.05, 3.63) is 35.1 Å². The molecule has 150 valence electrons. The average molecular weight is 426 g/mol. The molecule has 1 aromatic carbocycles. The lowest BCUT2D eigenvalue weighted by Crippen LogP contribution is -2.57. The molecule has 1 saturated heterocycles. The number of thioether (sulfide) groups is 1. The Kier molecular flexibility index (Phi) is 6.06. The van der Waals surface area contributed by atoms with Crippen LogP contribution in [0.2, 0.25) is 0 Å². The van der Waals surface area contributed by atoms with Crippen LogP contribution in [0.15, 0.2) is 39.9 Å². The summed E-state index contributed by atoms with van der Waals surface area (Å²) in [6, 6.07) is 6.43. The van der Waals surface area contributed by atoms with Crippen LogP contribution >= 0.6 is 11.8 Å². The highest BCUT2D eigenvalue weighted by Gasteiger charge is 2.56. The van der Waals surface area contributed by atoms with E-state index in [2.05, 4.69) is 0 Å². The van der Waals surface area contributed by atoms with E-state index in [1.54, 1.807) is 30.5 Å². The maximum absolute atomic E-state index is 12.4. The molecule has 1 amide bonds. The zero-order chi connectivity index (χ0) is 20.4. The third kappa shape index (κ3) is 3.91. The van der Waals surface area contributed by atoms with Crippen molar-refractivity contribution in [1.29, 1.82) is 0 Å². The number of carboxylic acid groups (broad SMARTS) is 1. The average Bonchev–Trinajstić information content (AvgIpc) is 3.00. The van der Waals surface area contributed by atoms with Crippen molar-refractivity contribution in [2.45, 2.75) is 16.7 Å². The largest absolute Gasteiger partial charge is 0.476 e. The summed E-state index contributed by atoms with van der Waals surface area (Å²) >= 11 is 1.14. The normalized spacial score (nSPS) is 21.8. The fourth-order valence-corrected chi connectivity index (χ4v) is 4.77. The number of carbonyl (C=O) groups is 3. The maximum atomic E-state index is 12.4. The molecule has 0 aliphatic carbocycles. The highest BCUT2D eigenvalue weighted by Crippen LogP contribution is 2.50. The number of rotatable bonds is 8. The van der Waals surface area contributed by atoms with Crippen LogP contribution in [0.1, 0.15) is 6.42 Å². The summed E-state index contributed by atoms with van der Waals surface area (Å²) in [5.41, 5.74) is 4.95. The van der Waals surface area contributed by atoms with Crippen LogP contribution in [-0.4, -0.2) is 56.8 Å². The first-order chi connectivity index (χ1) is 13.3. The highest BCUT2D eigenvalue weighted by molar-refractivity contribution is 8.03. The van der Waals surface area contributed by atoms with Gasteiger partial charge in [0.1, 0.15) is 11.1 Å². The number of aliphatic carboxylic acids is 1. The lowest BCUT2D eigenvalue weighted by Gasteiger charge is -2.41. The number of amides is 1. The van der Waals surface area contributed by atoms with Gasteiger partial charge in [0.05, 0.1) is 19.1 Å². The molecule has 1 aromatic rings. The standard InChI is InChI=1S/C17H18N2O7S2/c1-28(24)10-4-2-9(3-5-10)26-17-13(16(22)23)19-14(21)11(15(19)27-17)6-7-25-12(20)8-18/h2-5,11,15H,6-8,18H2,1H3,(H,22,23)/t11-,15+,28?/m0/s1. The molecule has 3 N–H and O–H groups in total. The molecule has 3 rings (SSSR count). The number of nitrogens with zero attached hydrogens (tertiary/aromatic N) is 1. The molecule has 0 bridgehead atoms. The van der Waals surface area contributed by atoms with Gasteiger partial charge in [0.15, 0.2) is 10.8 Å². The summed E-state index contributed by atoms with van der Waals surface area (Å²) in [6.07, 6.45) is 1.82. The molecule has 3 atom stereocenters. The van der Waals surface area contributed by atoms with Crippen molar-refractivity contribution >= 4 is 40.4 Å². The van der Waals surface area contributed by atoms with Crippen LogP contribution in [0.25, 0.3) is 0 Å². The quantitative estimate of drug-likeness (QED) is 0.449. The van der Waals surface area contributed by atoms with Crippen molar-refractivity contribution in [3.63, 3.8) is 0 Å². The SMILES string of the molecule is CS(=O)c1ccc(OC2=C(C(=O)O)N3C(=O)[C@H](CCOC(=O)CN)[C@H]3S2)cc1. The number of hydrogen-bond donors (Lipinski definition) is 2. The van der Waals surface area contributed by atoms with Crippen molar-refractivity contribution in [2.75, 3.05) is 19.4 Å². The summed E-state index contributed by atoms with van der Waals surface area (Å²) in [7, 11) is -1.14. The Morgan fingerprint density at radius 3 is 2.57 bits per heavy atom. The van der Waals surface area contributed by atoms with Gasteiger partial charge >= 0.3 is 11.9 Å². The summed E-state index contributed by atoms with van der Waals surface area (Å²) in [6.45, 7) is -0.207. The van der Waals surface area contributed by atoms with Crippen LogP contribution in [0, 0.1) is 5.92 Å². The van der Waals surface area contributed by atoms with E-state index in [-0.39, 0.29) is 36.3 Å². The molecular formula is C17H18N2O7S2. The third-order valence-electron chi connectivity index (χ3n) is 4.24. The zero-order valence-corrected chi connectivity index (χ0v) is 16.5. The topological polar surface area (TPSA) is 136 Å². The van der Waals surface area contributed by atoms with Gasteiger partial charge in [-0.1, -0.05) is 11.8 Å². The first-order valence-corrected chi connectivity index (χ1v) is 10.7. The monoisotopic (exact) mass is 426 g/mol. The second kappa shape index (κ2) is 8.33. The number of esters is 1. The minimum Gasteiger partial charge on any atom is -0.476 e. The second-order valence-corrected chi connectivity index (χ2v) is 8.47. The second-order valence-electron chi connectivity index (χ2n) is 6.01. The summed E-state index contributed by atoms with van der Waals surface area (Å²) in [5.74, 6) is -2.28. The molecule has 9 nitrogen and oxygen atoms in total. The lowest BCUT2D eigenvalue weighted by molar-refractivity contribution is -0.154. The van der Waals surface area contributed by atoms with E-state index in [9.17, 15) is 23.7 Å². The number of β-lactam (4-membered cyclic amide) rings is 1. The molecule has 0 spiro atoms. The molecule has 2 aliphatic heterocycles. The number of fused-ring (bicyclic) bond motifs is 1. The number of carbonyl (C=O) groups excluding carboxylic acids is 2. The van der Waals surface area contributed by atoms with Crippen LogP contribution in [0.3, 0.4) is 0 Å². The zero-order valence-electron chi connectivity index (χ0n) is 14.8. The molecule has 1 unspecified atom stereocenters. The Morgan fingerprint density at radius 2 is 2.00 bits per heavy atom. The van der Waals surface area contributed by atoms with Crippen molar-refractivity contribution in [2.24, 2.45) is 11.7 Å². The number of benzene rings is 1. The van der Waals surface area contributed by atoms with Crippen LogP contribution in [0.4, 0.5) is 0 Å². The Bertz CT molecular complexity index is 869. The summed E-state index contributed by atoms with van der Waals surface area (Å²) in [5, 5.41) is 9.20. The van der Waals surface area contributed by atoms with Crippen molar-refractivity contribution < 1.29 is 33.2 Å². The van der Waals surface area contributed by atoms with Gasteiger partial charge in [0.2, 0.25) is 5.91 Å². The fourth-order valence-electron chi connectivity index (χ4n) is 2.85. The molecule has 0 radical (unpaired) electrons. The van der Waals surface area contributed by atoms with E-state index in [1.807, 2.05) is 0 Å². The summed E-state index contributed by atoms with van der Waals surface area (Å²) in [4.78, 5) is 36.9. The highest BCUT2D eigenvalue weighted by atomic mass is 32.2. The predicted molar refractivity (Wildman–Crippen MR) is 100 cm³/mol. The maximum Gasteiger partial charge on any atom is 0.357 e. The van der Waals surface area contributed by atoms with Crippen molar-refractivity contribution in [1.82, 2.24) is 4.90 Å². The van der Waals surface area contributed by atoms with E-state index in [0.29, 0.717) is 10.6 Å². The number of nitrogens with two attached hydrogens (primary N) is 1. The predicted octanol–water partition coefficient (Wildman–Crippen LogP) is 0.480. The minimum atomic E-state index is -1.27. The van der Waals surface area contributed by atoms with E-state index in [0.717, 1.165) is 11.8 Å². The first-order valence-electron chi connectivity index (χ1n) is 8.27. The van der Waals surface area contributed by atoms with Crippen LogP contribution < -0.4 is 10.5 Å². The Hall–Kier alpha value is -2.37. The van der Waals surface area contributed by atoms with E-state index in [4.69, 9.17) is 15.2 Å². The third-order valence-corrected chi connectivity index (χ3v) is 6.45. The van der Waals surface area contributed by atoms with Crippen LogP contribution in [-0.2, 0) is 29.9 Å². The van der Waals surface area contributed by atoms with Gasteiger partial charge in [-0.15, -0.1) is 0 Å². The van der Waals surface area contributed by atoms with Gasteiger partial charge in [0, 0.05) is 22.0 Å². The van der Waals surface area contributed by atoms with Gasteiger partial charge in [-0.2, -0.15) is 0 Å². The minimum absolute atomic E-state index is 0.0333. The molecule has 1 fully saturated rings. The molecule has 11 heteroatoms. The fraction of sp³-hybridized carbons (Fsp3) is 0.353. The molecular weight excluding hydrogens is 408 g/mol. The van der Waals surface area contributed by atoms with Crippen molar-refractivity contribution in [3.8, 4) is 5.75 Å². The van der Waals surface area contributed by atoms with Gasteiger partial charge < -0.3 is 20.3 Å². The van der Waals surface area contributed by atoms with Gasteiger partial charge in [0.25, 0.3) is 0 Å². The van der Waals surface area contributed by atoms with Gasteiger partial charge in [-0.05, 0) is 30.7 Å². The first kappa shape index (κ1) is 20.4. The molecule has 0 aromatic heterocycles. The van der Waals surface area contributed by atoms with Crippen LogP contribution in [0.5, 0.6) is 5.75 Å². The van der Waals surface area contributed by atoms with E-state index >= 15 is 0 Å². The molecule has 2 aliphatic rings. The lowest BCUT2D eigenvalue weighted by atomic mass is 9.94. The van der Waals surface area contributed by atoms with Gasteiger partial charge in [-0.25, -0.2) is 4.79 Å². The Balaban J connectivity index is 1.70. The Morgan fingerprint density at radius 1 is 1.32 bits per heavy atom. The van der Waals surface area contributed by atoms with Gasteiger partial charge in [-0.3, -0.25) is 18.7 Å². The number of carboxylic acids is 1. The van der Waals surface area contributed by atoms with E-state index in [1.165, 1.54) is 4.90 Å². The summed E-state index contributed by atoms with van der Waals surface area (Å²) < 4.78 is 22.0. The van der Waals surface area contributed by atoms with E-state index < -0.39 is 34.0 Å². The Labute approximate surface area is 167 Å². The number of hydrogen-bond acceptors (Lipinski definition) is 8. The molecule has 28 heavy (non-hydrogen) atoms.